The zero-order chi connectivity index (χ0) is 15.4. The van der Waals surface area contributed by atoms with Crippen molar-refractivity contribution in [3.8, 4) is 0 Å². The van der Waals surface area contributed by atoms with Gasteiger partial charge in [0.2, 0.25) is 0 Å². The Labute approximate surface area is 128 Å². The van der Waals surface area contributed by atoms with Gasteiger partial charge in [-0.05, 0) is 38.5 Å². The van der Waals surface area contributed by atoms with Crippen LogP contribution in [0.5, 0.6) is 0 Å². The number of aromatic nitrogens is 2. The third-order valence-corrected chi connectivity index (χ3v) is 4.54. The largest absolute Gasteiger partial charge is 0.381 e. The van der Waals surface area contributed by atoms with Crippen LogP contribution in [0.15, 0.2) is 0 Å². The van der Waals surface area contributed by atoms with Crippen LogP contribution < -0.4 is 10.6 Å². The second-order valence-corrected chi connectivity index (χ2v) is 6.32. The number of anilines is 1. The highest BCUT2D eigenvalue weighted by atomic mass is 16.5. The van der Waals surface area contributed by atoms with Gasteiger partial charge in [0.15, 0.2) is 0 Å². The third kappa shape index (κ3) is 3.98. The Hall–Kier alpha value is -1.07. The number of ether oxygens (including phenoxy) is 1. The molecule has 0 aromatic carbocycles. The molecule has 1 aromatic heterocycles. The highest BCUT2D eigenvalue weighted by molar-refractivity contribution is 5.50. The Bertz CT molecular complexity index is 451. The maximum absolute atomic E-state index is 6.16. The molecule has 0 amide bonds. The fourth-order valence-electron chi connectivity index (χ4n) is 3.22. The Balaban J connectivity index is 2.12. The number of nitrogens with two attached hydrogens (primary N) is 1. The summed E-state index contributed by atoms with van der Waals surface area (Å²) in [6.45, 7) is 7.09. The van der Waals surface area contributed by atoms with Crippen LogP contribution in [0.25, 0.3) is 0 Å². The van der Waals surface area contributed by atoms with Gasteiger partial charge in [-0.15, -0.1) is 0 Å². The van der Waals surface area contributed by atoms with Gasteiger partial charge in [-0.1, -0.05) is 6.92 Å². The van der Waals surface area contributed by atoms with E-state index in [1.807, 2.05) is 11.7 Å². The van der Waals surface area contributed by atoms with Gasteiger partial charge in [-0.2, -0.15) is 5.10 Å². The molecule has 1 fully saturated rings. The van der Waals surface area contributed by atoms with Crippen LogP contribution in [0.1, 0.15) is 37.4 Å². The Morgan fingerprint density at radius 3 is 2.71 bits per heavy atom. The highest BCUT2D eigenvalue weighted by Crippen LogP contribution is 2.26. The third-order valence-electron chi connectivity index (χ3n) is 4.54. The summed E-state index contributed by atoms with van der Waals surface area (Å²) in [6.07, 6.45) is 4.22. The molecule has 0 bridgehead atoms. The normalized spacial score (nSPS) is 18.0. The van der Waals surface area contributed by atoms with Crippen molar-refractivity contribution in [3.63, 3.8) is 0 Å². The molecule has 1 unspecified atom stereocenters. The molecule has 5 heteroatoms. The average molecular weight is 294 g/mol. The molecule has 1 aromatic rings. The molecule has 1 aliphatic rings. The van der Waals surface area contributed by atoms with Gasteiger partial charge in [0.25, 0.3) is 0 Å². The molecule has 1 atom stereocenters. The molecule has 21 heavy (non-hydrogen) atoms. The topological polar surface area (TPSA) is 56.3 Å². The number of aryl methyl sites for hydroxylation is 2. The van der Waals surface area contributed by atoms with E-state index in [1.165, 1.54) is 11.4 Å². The molecule has 2 N–H and O–H groups in total. The van der Waals surface area contributed by atoms with E-state index in [4.69, 9.17) is 10.5 Å². The van der Waals surface area contributed by atoms with Gasteiger partial charge in [0.1, 0.15) is 5.82 Å². The van der Waals surface area contributed by atoms with Gasteiger partial charge in [-0.3, -0.25) is 4.68 Å². The summed E-state index contributed by atoms with van der Waals surface area (Å²) in [5, 5.41) is 4.61. The van der Waals surface area contributed by atoms with Crippen molar-refractivity contribution in [1.82, 2.24) is 9.78 Å². The minimum absolute atomic E-state index is 0.211. The summed E-state index contributed by atoms with van der Waals surface area (Å²) < 4.78 is 7.46. The monoisotopic (exact) mass is 294 g/mol. The van der Waals surface area contributed by atoms with Gasteiger partial charge in [0.05, 0.1) is 5.69 Å². The lowest BCUT2D eigenvalue weighted by Gasteiger charge is -2.29. The van der Waals surface area contributed by atoms with Crippen LogP contribution in [-0.4, -0.2) is 42.6 Å². The molecule has 1 aliphatic heterocycles. The molecule has 0 saturated carbocycles. The smallest absolute Gasteiger partial charge is 0.129 e. The predicted octanol–water partition coefficient (Wildman–Crippen LogP) is 1.87. The van der Waals surface area contributed by atoms with E-state index in [0.29, 0.717) is 5.92 Å². The van der Waals surface area contributed by atoms with Crippen LogP contribution in [0, 0.1) is 12.8 Å². The minimum atomic E-state index is 0.211. The van der Waals surface area contributed by atoms with Crippen molar-refractivity contribution >= 4 is 5.82 Å². The number of hydrogen-bond acceptors (Lipinski definition) is 4. The first-order valence-corrected chi connectivity index (χ1v) is 8.09. The van der Waals surface area contributed by atoms with E-state index < -0.39 is 0 Å². The predicted molar refractivity (Wildman–Crippen MR) is 86.7 cm³/mol. The van der Waals surface area contributed by atoms with Crippen molar-refractivity contribution in [3.05, 3.63) is 11.3 Å². The molecule has 0 aliphatic carbocycles. The summed E-state index contributed by atoms with van der Waals surface area (Å²) in [6, 6.07) is 0.211. The van der Waals surface area contributed by atoms with Crippen LogP contribution in [0.3, 0.4) is 0 Å². The number of hydrogen-bond donors (Lipinski definition) is 1. The van der Waals surface area contributed by atoms with E-state index in [-0.39, 0.29) is 6.04 Å². The van der Waals surface area contributed by atoms with Crippen molar-refractivity contribution in [2.75, 3.05) is 31.7 Å². The first kappa shape index (κ1) is 16.3. The molecule has 120 valence electrons. The fraction of sp³-hybridized carbons (Fsp3) is 0.812. The van der Waals surface area contributed by atoms with Gasteiger partial charge in [0, 0.05) is 45.5 Å². The number of rotatable bonds is 6. The summed E-state index contributed by atoms with van der Waals surface area (Å²) in [5.74, 6) is 1.94. The first-order chi connectivity index (χ1) is 10.0. The second-order valence-electron chi connectivity index (χ2n) is 6.32. The van der Waals surface area contributed by atoms with Crippen molar-refractivity contribution in [2.45, 2.75) is 45.6 Å². The van der Waals surface area contributed by atoms with Crippen molar-refractivity contribution in [1.29, 1.82) is 0 Å². The van der Waals surface area contributed by atoms with E-state index in [1.54, 1.807) is 0 Å². The minimum Gasteiger partial charge on any atom is -0.381 e. The van der Waals surface area contributed by atoms with Crippen molar-refractivity contribution in [2.24, 2.45) is 18.7 Å². The van der Waals surface area contributed by atoms with Gasteiger partial charge >= 0.3 is 0 Å². The second kappa shape index (κ2) is 7.27. The Kier molecular flexibility index (Phi) is 5.65. The molecule has 2 rings (SSSR count). The lowest BCUT2D eigenvalue weighted by atomic mass is 9.99. The SMILES string of the molecule is CCC(N)Cc1c(C)nn(C)c1N(C)CC1CCOCC1. The summed E-state index contributed by atoms with van der Waals surface area (Å²) in [7, 11) is 4.21. The lowest BCUT2D eigenvalue weighted by molar-refractivity contribution is 0.0684. The van der Waals surface area contributed by atoms with Crippen molar-refractivity contribution < 1.29 is 4.74 Å². The average Bonchev–Trinajstić information content (AvgIpc) is 2.74. The van der Waals surface area contributed by atoms with E-state index >= 15 is 0 Å². The fourth-order valence-corrected chi connectivity index (χ4v) is 3.22. The molecule has 2 heterocycles. The summed E-state index contributed by atoms with van der Waals surface area (Å²) in [4.78, 5) is 2.35. The summed E-state index contributed by atoms with van der Waals surface area (Å²) in [5.41, 5.74) is 8.58. The molecule has 0 radical (unpaired) electrons. The van der Waals surface area contributed by atoms with Gasteiger partial charge < -0.3 is 15.4 Å². The van der Waals surface area contributed by atoms with Gasteiger partial charge in [-0.25, -0.2) is 0 Å². The summed E-state index contributed by atoms with van der Waals surface area (Å²) >= 11 is 0. The zero-order valence-electron chi connectivity index (χ0n) is 13.9. The number of nitrogens with zero attached hydrogens (tertiary/aromatic N) is 3. The van der Waals surface area contributed by atoms with Crippen LogP contribution in [-0.2, 0) is 18.2 Å². The molecule has 5 nitrogen and oxygen atoms in total. The Morgan fingerprint density at radius 2 is 2.10 bits per heavy atom. The molecular weight excluding hydrogens is 264 g/mol. The van der Waals surface area contributed by atoms with Crippen LogP contribution in [0.4, 0.5) is 5.82 Å². The molecular formula is C16H30N4O. The maximum atomic E-state index is 6.16. The quantitative estimate of drug-likeness (QED) is 0.870. The van der Waals surface area contributed by atoms with E-state index in [9.17, 15) is 0 Å². The van der Waals surface area contributed by atoms with Crippen LogP contribution >= 0.6 is 0 Å². The molecule has 0 spiro atoms. The first-order valence-electron chi connectivity index (χ1n) is 8.09. The highest BCUT2D eigenvalue weighted by Gasteiger charge is 2.22. The van der Waals surface area contributed by atoms with E-state index in [0.717, 1.165) is 51.1 Å². The maximum Gasteiger partial charge on any atom is 0.129 e. The lowest BCUT2D eigenvalue weighted by Crippen LogP contribution is -2.32. The van der Waals surface area contributed by atoms with Crippen LogP contribution in [0.2, 0.25) is 0 Å². The Morgan fingerprint density at radius 1 is 1.43 bits per heavy atom. The molecule has 1 saturated heterocycles. The standard InChI is InChI=1S/C16H30N4O/c1-5-14(17)10-15-12(2)18-20(4)16(15)19(3)11-13-6-8-21-9-7-13/h13-14H,5-11,17H2,1-4H3. The zero-order valence-corrected chi connectivity index (χ0v) is 13.9. The van der Waals surface area contributed by atoms with E-state index in [2.05, 4.69) is 30.9 Å².